The van der Waals surface area contributed by atoms with Gasteiger partial charge in [-0.15, -0.1) is 0 Å². The number of hydrogen-bond donors (Lipinski definition) is 2. The lowest BCUT2D eigenvalue weighted by Crippen LogP contribution is -2.50. The number of carbonyl (C=O) groups excluding carboxylic acids is 2. The molecule has 2 N–H and O–H groups in total. The van der Waals surface area contributed by atoms with Gasteiger partial charge in [0.25, 0.3) is 11.8 Å². The number of methoxy groups -OCH3 is 3. The molecule has 9 heteroatoms. The van der Waals surface area contributed by atoms with Crippen LogP contribution in [0.5, 0.6) is 17.2 Å². The average molecular weight is 563 g/mol. The van der Waals surface area contributed by atoms with Gasteiger partial charge in [0.15, 0.2) is 11.5 Å². The predicted octanol–water partition coefficient (Wildman–Crippen LogP) is 4.81. The van der Waals surface area contributed by atoms with Crippen LogP contribution in [0.4, 0.5) is 5.82 Å². The van der Waals surface area contributed by atoms with Crippen LogP contribution in [-0.2, 0) is 6.42 Å². The molecule has 2 saturated heterocycles. The summed E-state index contributed by atoms with van der Waals surface area (Å²) in [5, 5.41) is 6.24. The van der Waals surface area contributed by atoms with Crippen LogP contribution in [-0.4, -0.2) is 62.8 Å². The van der Waals surface area contributed by atoms with E-state index in [4.69, 9.17) is 14.2 Å². The highest BCUT2D eigenvalue weighted by molar-refractivity contribution is 5.96. The summed E-state index contributed by atoms with van der Waals surface area (Å²) in [4.78, 5) is 32.9. The van der Waals surface area contributed by atoms with Gasteiger partial charge >= 0.3 is 0 Å². The number of ether oxygens (including phenoxy) is 3. The van der Waals surface area contributed by atoms with Crippen molar-refractivity contribution in [3.8, 4) is 17.2 Å². The van der Waals surface area contributed by atoms with Gasteiger partial charge in [-0.05, 0) is 81.0 Å². The van der Waals surface area contributed by atoms with Crippen LogP contribution in [0.1, 0.15) is 60.4 Å². The predicted molar refractivity (Wildman–Crippen MR) is 162 cm³/mol. The number of benzene rings is 2. The van der Waals surface area contributed by atoms with E-state index in [9.17, 15) is 9.59 Å². The third kappa shape index (κ3) is 6.09. The number of rotatable bonds is 10. The minimum absolute atomic E-state index is 0. The van der Waals surface area contributed by atoms with Gasteiger partial charge in [0.2, 0.25) is 0 Å². The normalized spacial score (nSPS) is 19.4. The van der Waals surface area contributed by atoms with Crippen molar-refractivity contribution in [2.75, 3.05) is 32.8 Å². The van der Waals surface area contributed by atoms with Crippen molar-refractivity contribution in [1.82, 2.24) is 15.6 Å². The van der Waals surface area contributed by atoms with Crippen molar-refractivity contribution >= 4 is 17.6 Å². The molecule has 2 atom stereocenters. The molecule has 220 valence electrons. The summed E-state index contributed by atoms with van der Waals surface area (Å²) in [6.45, 7) is 2.41. The summed E-state index contributed by atoms with van der Waals surface area (Å²) in [5.41, 5.74) is 3.08. The monoisotopic (exact) mass is 562 g/mol. The second kappa shape index (κ2) is 12.5. The summed E-state index contributed by atoms with van der Waals surface area (Å²) in [6, 6.07) is 15.8. The van der Waals surface area contributed by atoms with Crippen LogP contribution in [0.25, 0.3) is 0 Å². The van der Waals surface area contributed by atoms with Crippen LogP contribution in [0.2, 0.25) is 0 Å². The fourth-order valence-corrected chi connectivity index (χ4v) is 6.15. The number of piperidine rings is 1. The van der Waals surface area contributed by atoms with Crippen LogP contribution in [0, 0.1) is 6.92 Å². The maximum absolute atomic E-state index is 13.1. The summed E-state index contributed by atoms with van der Waals surface area (Å²) < 4.78 is 16.0. The minimum atomic E-state index is -0.151. The van der Waals surface area contributed by atoms with Gasteiger partial charge in [-0.25, -0.2) is 4.98 Å². The van der Waals surface area contributed by atoms with Gasteiger partial charge in [0.05, 0.1) is 26.9 Å². The number of aromatic nitrogens is 1. The third-order valence-corrected chi connectivity index (χ3v) is 8.24. The highest BCUT2D eigenvalue weighted by Crippen LogP contribution is 2.38. The Hall–Kier alpha value is -4.27. The molecular weight excluding hydrogens is 520 g/mol. The minimum Gasteiger partial charge on any atom is -0.496 e. The summed E-state index contributed by atoms with van der Waals surface area (Å²) >= 11 is 0. The van der Waals surface area contributed by atoms with Gasteiger partial charge in [-0.2, -0.15) is 0 Å². The van der Waals surface area contributed by atoms with E-state index < -0.39 is 0 Å². The van der Waals surface area contributed by atoms with E-state index in [0.717, 1.165) is 42.6 Å². The Labute approximate surface area is 244 Å². The van der Waals surface area contributed by atoms with E-state index in [1.807, 2.05) is 55.5 Å². The maximum Gasteiger partial charge on any atom is 0.252 e. The second-order valence-electron chi connectivity index (χ2n) is 10.7. The van der Waals surface area contributed by atoms with E-state index in [0.29, 0.717) is 53.4 Å². The Kier molecular flexibility index (Phi) is 8.61. The summed E-state index contributed by atoms with van der Waals surface area (Å²) in [5.74, 6) is 2.74. The van der Waals surface area contributed by atoms with Gasteiger partial charge in [-0.1, -0.05) is 12.1 Å². The second-order valence-corrected chi connectivity index (χ2v) is 10.7. The molecule has 1 aromatic heterocycles. The first-order valence-electron chi connectivity index (χ1n) is 14.1. The van der Waals surface area contributed by atoms with E-state index in [1.54, 1.807) is 27.5 Å². The largest absolute Gasteiger partial charge is 0.496 e. The molecule has 0 saturated carbocycles. The number of pyridine rings is 1. The lowest BCUT2D eigenvalue weighted by molar-refractivity contribution is 0.0924. The number of carbonyl (C=O) groups is 2. The Bertz CT molecular complexity index is 1390. The van der Waals surface area contributed by atoms with Crippen LogP contribution >= 0.6 is 0 Å². The number of fused-ring (bicyclic) bond motifs is 2. The first-order chi connectivity index (χ1) is 19.9. The zero-order chi connectivity index (χ0) is 28.9. The molecule has 2 aromatic carbocycles. The van der Waals surface area contributed by atoms with E-state index in [1.165, 1.54) is 0 Å². The zero-order valence-corrected chi connectivity index (χ0v) is 24.1. The number of amides is 2. The molecule has 3 heterocycles. The van der Waals surface area contributed by atoms with Gasteiger partial charge < -0.3 is 29.7 Å². The Morgan fingerprint density at radius 2 is 1.66 bits per heavy atom. The molecule has 5 rings (SSSR count). The maximum atomic E-state index is 13.1. The number of hydrogen-bond acceptors (Lipinski definition) is 7. The molecule has 2 fully saturated rings. The molecule has 9 nitrogen and oxygen atoms in total. The highest BCUT2D eigenvalue weighted by Gasteiger charge is 2.42. The molecule has 2 amide bonds. The van der Waals surface area contributed by atoms with Gasteiger partial charge in [-0.3, -0.25) is 9.59 Å². The van der Waals surface area contributed by atoms with E-state index in [-0.39, 0.29) is 20.7 Å². The molecule has 2 aliphatic rings. The fraction of sp³-hybridized carbons (Fsp3) is 0.406. The van der Waals surface area contributed by atoms with Crippen molar-refractivity contribution in [3.05, 3.63) is 77.0 Å². The van der Waals surface area contributed by atoms with Crippen molar-refractivity contribution in [2.45, 2.75) is 57.2 Å². The molecule has 41 heavy (non-hydrogen) atoms. The highest BCUT2D eigenvalue weighted by atomic mass is 16.5. The third-order valence-electron chi connectivity index (χ3n) is 8.24. The molecule has 0 spiro atoms. The van der Waals surface area contributed by atoms with Crippen molar-refractivity contribution in [2.24, 2.45) is 0 Å². The Balaban J connectivity index is 0.00000253. The first kappa shape index (κ1) is 28.3. The summed E-state index contributed by atoms with van der Waals surface area (Å²) in [7, 11) is 4.83. The fourth-order valence-electron chi connectivity index (χ4n) is 6.15. The smallest absolute Gasteiger partial charge is 0.252 e. The quantitative estimate of drug-likeness (QED) is 0.366. The van der Waals surface area contributed by atoms with E-state index >= 15 is 0 Å². The molecule has 2 unspecified atom stereocenters. The van der Waals surface area contributed by atoms with Gasteiger partial charge in [0, 0.05) is 44.8 Å². The molecule has 0 radical (unpaired) electrons. The lowest BCUT2D eigenvalue weighted by Gasteiger charge is -2.40. The molecule has 3 aromatic rings. The Morgan fingerprint density at radius 3 is 2.32 bits per heavy atom. The van der Waals surface area contributed by atoms with E-state index in [2.05, 4.69) is 20.5 Å². The standard InChI is InChI=1S/C32H38N4O5.2H2/c1-20-26(6-5-7-27(20)39-2)32(38)35-23-17-24-10-11-25(18-23)36(24)30-13-9-22(19-34-30)31(37)33-15-14-21-8-12-28(40-3)29(16-21)41-4;;/h5-9,12-13,16,19,23-25H,10-11,14-15,17-18H2,1-4H3,(H,33,37)(H,35,38);2*1H. The number of nitrogens with one attached hydrogen (secondary N) is 2. The number of nitrogens with zero attached hydrogens (tertiary/aromatic N) is 2. The topological polar surface area (TPSA) is 102 Å². The first-order valence-corrected chi connectivity index (χ1v) is 14.1. The van der Waals surface area contributed by atoms with Crippen LogP contribution < -0.4 is 29.7 Å². The van der Waals surface area contributed by atoms with Crippen molar-refractivity contribution in [3.63, 3.8) is 0 Å². The Morgan fingerprint density at radius 1 is 0.927 bits per heavy atom. The lowest BCUT2D eigenvalue weighted by atomic mass is 9.96. The molecule has 2 bridgehead atoms. The number of anilines is 1. The van der Waals surface area contributed by atoms with Gasteiger partial charge in [0.1, 0.15) is 11.6 Å². The summed E-state index contributed by atoms with van der Waals surface area (Å²) in [6.07, 6.45) is 6.19. The van der Waals surface area contributed by atoms with Crippen molar-refractivity contribution < 1.29 is 26.7 Å². The molecule has 0 aliphatic carbocycles. The zero-order valence-electron chi connectivity index (χ0n) is 24.1. The van der Waals surface area contributed by atoms with Crippen molar-refractivity contribution in [1.29, 1.82) is 0 Å². The SMILES string of the molecule is COc1ccc(CCNC(=O)c2ccc(N3C4CCC3CC(NC(=O)c3cccc(OC)c3C)C4)nc2)cc1OC.[HH].[HH]. The van der Waals surface area contributed by atoms with Crippen LogP contribution in [0.15, 0.2) is 54.7 Å². The van der Waals surface area contributed by atoms with Crippen LogP contribution in [0.3, 0.4) is 0 Å². The molecule has 2 aliphatic heterocycles. The molecular formula is C32H42N4O5. The average Bonchev–Trinajstić information content (AvgIpc) is 3.26.